The number of anilines is 4. The SMILES string of the molecule is CCC[CH2][Sn](=[O])[CH2]CCC.COc1cc(Nc2ncc(-c3cnc(OC)c(-c4nn[nH]n4)c3)c(-n3nc(C(F)(F)F)cc3C)n2)cc(OC)c1.COc1cc(Nc2ncc(-c3cnc(OC)c(C#N)c3)c(-n3nc(C(F)(F)F)cc3C)n2)cc(OC)c1.C[Si](C)(C)N=[N+]=[N-]. The molecule has 0 saturated carbocycles. The van der Waals surface area contributed by atoms with Crippen LogP contribution in [0.4, 0.5) is 49.6 Å². The van der Waals surface area contributed by atoms with Crippen LogP contribution >= 0.6 is 0 Å². The zero-order valence-corrected chi connectivity index (χ0v) is 57.4. The zero-order valence-electron chi connectivity index (χ0n) is 53.6. The molecule has 94 heavy (non-hydrogen) atoms. The Labute approximate surface area is 544 Å². The minimum Gasteiger partial charge on any atom is -0.497 e. The van der Waals surface area contributed by atoms with Gasteiger partial charge >= 0.3 is 83.6 Å². The molecule has 0 atom stereocenters. The maximum Gasteiger partial charge on any atom is 0.435 e. The normalized spacial score (nSPS) is 11.0. The van der Waals surface area contributed by atoms with E-state index >= 15 is 0 Å². The van der Waals surface area contributed by atoms with Crippen molar-refractivity contribution in [3.63, 3.8) is 0 Å². The van der Waals surface area contributed by atoms with Gasteiger partial charge < -0.3 is 39.1 Å². The van der Waals surface area contributed by atoms with E-state index in [1.165, 1.54) is 113 Å². The predicted octanol–water partition coefficient (Wildman–Crippen LogP) is 13.8. The Morgan fingerprint density at radius 1 is 0.628 bits per heavy atom. The van der Waals surface area contributed by atoms with Crippen LogP contribution in [0.5, 0.6) is 34.8 Å². The van der Waals surface area contributed by atoms with Gasteiger partial charge in [-0.15, -0.1) is 15.0 Å². The van der Waals surface area contributed by atoms with E-state index in [9.17, 15) is 34.7 Å². The number of aryl methyl sites for hydroxylation is 2. The number of methoxy groups -OCH3 is 6. The summed E-state index contributed by atoms with van der Waals surface area (Å²) in [7, 11) is 7.36. The number of tetrazole rings is 1. The van der Waals surface area contributed by atoms with Crippen LogP contribution in [0.1, 0.15) is 67.9 Å². The molecule has 0 radical (unpaired) electrons. The first-order valence-electron chi connectivity index (χ1n) is 28.6. The van der Waals surface area contributed by atoms with Crippen molar-refractivity contribution in [2.75, 3.05) is 53.3 Å². The van der Waals surface area contributed by atoms with Crippen LogP contribution in [0.3, 0.4) is 0 Å². The minimum absolute atomic E-state index is 0.0382. The molecule has 7 aromatic heterocycles. The van der Waals surface area contributed by atoms with Crippen LogP contribution in [0, 0.1) is 25.2 Å². The summed E-state index contributed by atoms with van der Waals surface area (Å²) < 4.78 is 132. The number of benzene rings is 2. The maximum atomic E-state index is 13.5. The summed E-state index contributed by atoms with van der Waals surface area (Å²) in [4.78, 5) is 28.8. The number of ether oxygens (including phenoxy) is 6. The predicted molar refractivity (Wildman–Crippen MR) is 339 cm³/mol. The number of halogens is 6. The molecule has 0 aliphatic heterocycles. The summed E-state index contributed by atoms with van der Waals surface area (Å²) in [6.07, 6.45) is 1.22. The molecule has 35 heteroatoms. The summed E-state index contributed by atoms with van der Waals surface area (Å²) in [6.45, 7) is 13.3. The van der Waals surface area contributed by atoms with Crippen LogP contribution in [0.15, 0.2) is 90.2 Å². The minimum atomic E-state index is -4.66. The van der Waals surface area contributed by atoms with Crippen molar-refractivity contribution < 1.29 is 57.8 Å². The molecule has 9 aromatic rings. The molecule has 0 aliphatic carbocycles. The number of pyridine rings is 2. The second kappa shape index (κ2) is 33.5. The van der Waals surface area contributed by atoms with E-state index in [2.05, 4.69) is 94.9 Å². The largest absolute Gasteiger partial charge is 0.497 e. The van der Waals surface area contributed by atoms with Crippen LogP contribution in [-0.4, -0.2) is 141 Å². The first-order valence-corrected chi connectivity index (χ1v) is 37.2. The number of nitriles is 1. The summed E-state index contributed by atoms with van der Waals surface area (Å²) in [5, 5.41) is 36.9. The fourth-order valence-corrected chi connectivity index (χ4v) is 13.6. The number of azide groups is 1. The molecule has 2 aromatic carbocycles. The van der Waals surface area contributed by atoms with Crippen LogP contribution in [0.25, 0.3) is 55.7 Å². The molecular weight excluding hydrogens is 1360 g/mol. The Bertz CT molecular complexity index is 4060. The van der Waals surface area contributed by atoms with Gasteiger partial charge in [-0.05, 0) is 53.8 Å². The molecule has 0 bridgehead atoms. The Morgan fingerprint density at radius 2 is 1.06 bits per heavy atom. The third kappa shape index (κ3) is 20.2. The van der Waals surface area contributed by atoms with Crippen molar-refractivity contribution in [2.24, 2.45) is 4.78 Å². The van der Waals surface area contributed by atoms with Crippen molar-refractivity contribution in [1.82, 2.24) is 70.1 Å². The van der Waals surface area contributed by atoms with Crippen molar-refractivity contribution in [1.29, 1.82) is 5.26 Å². The van der Waals surface area contributed by atoms with E-state index < -0.39 is 51.7 Å². The van der Waals surface area contributed by atoms with Gasteiger partial charge in [0.1, 0.15) is 42.9 Å². The summed E-state index contributed by atoms with van der Waals surface area (Å²) >= 11 is -1.99. The van der Waals surface area contributed by atoms with Gasteiger partial charge in [-0.3, -0.25) is 0 Å². The van der Waals surface area contributed by atoms with Gasteiger partial charge in [-0.2, -0.15) is 57.0 Å². The van der Waals surface area contributed by atoms with Crippen molar-refractivity contribution in [3.05, 3.63) is 124 Å². The molecule has 0 spiro atoms. The Morgan fingerprint density at radius 3 is 1.40 bits per heavy atom. The molecular formula is C59H68F6N20O7SiSn. The van der Waals surface area contributed by atoms with Gasteiger partial charge in [0.2, 0.25) is 29.5 Å². The van der Waals surface area contributed by atoms with E-state index in [1.807, 2.05) is 25.7 Å². The number of H-pyrrole nitrogens is 1. The summed E-state index contributed by atoms with van der Waals surface area (Å²) in [5.74, 6) is 2.80. The second-order valence-corrected chi connectivity index (χ2v) is 31.5. The number of unbranched alkanes of at least 4 members (excludes halogenated alkanes) is 2. The van der Waals surface area contributed by atoms with E-state index in [0.29, 0.717) is 62.2 Å². The summed E-state index contributed by atoms with van der Waals surface area (Å²) in [6, 6.07) is 17.0. The average molecular weight is 1430 g/mol. The first kappa shape index (κ1) is 73.0. The number of hydrogen-bond acceptors (Lipinski definition) is 22. The number of hydrogen-bond donors (Lipinski definition) is 3. The standard InChI is InChI=1S/C24H21F3N10O3.C24H20F3N7O3.2C4H9.C3H9N3Si.O.Sn/c1-12-5-19(24(25,26)27)34-37(12)21-18(13-6-17(20-32-35-36-33-20)22(40-4)28-10-13)11-29-23(31-21)30-14-7-15(38-2)9-16(8-14)39-3;1-13-5-20(24(25,26)27)33-34(13)21-19(15-6-14(10-28)22(37-4)29-11-15)12-30-23(32-21)31-16-7-17(35-2)9-18(8-16)36-3;2*1-3-4-2;1-7(2,3)6-5-4;;/h5-11H,1-4H3,(H,29,30,31)(H,32,33,35,36);5-9,11-12H,1-4H3,(H,30,31,32);2*1,3-4H2,2H3;1-3H3;;. The average Bonchev–Trinajstić information content (AvgIpc) is 1.53. The number of nitrogens with zero attached hydrogens (tertiary/aromatic N) is 17. The van der Waals surface area contributed by atoms with Gasteiger partial charge in [0.05, 0.1) is 48.2 Å². The van der Waals surface area contributed by atoms with E-state index in [-0.39, 0.29) is 58.1 Å². The van der Waals surface area contributed by atoms with Crippen molar-refractivity contribution in [3.8, 4) is 86.1 Å². The topological polar surface area (TPSA) is 336 Å². The monoisotopic (exact) mass is 1430 g/mol. The third-order valence-electron chi connectivity index (χ3n) is 12.9. The fourth-order valence-electron chi connectivity index (χ4n) is 8.32. The molecule has 0 unspecified atom stereocenters. The smallest absolute Gasteiger partial charge is 0.435 e. The number of nitrogens with one attached hydrogen (secondary N) is 3. The third-order valence-corrected chi connectivity index (χ3v) is 18.8. The number of alkyl halides is 6. The first-order chi connectivity index (χ1) is 44.7. The molecule has 0 aliphatic rings. The van der Waals surface area contributed by atoms with Gasteiger partial charge in [0.25, 0.3) is 0 Å². The molecule has 0 saturated heterocycles. The molecule has 496 valence electrons. The van der Waals surface area contributed by atoms with Gasteiger partial charge in [-0.25, -0.2) is 29.3 Å². The summed E-state index contributed by atoms with van der Waals surface area (Å²) in [5.41, 5.74) is 9.12. The number of aromatic nitrogens is 14. The Balaban J connectivity index is 0.000000239. The number of aromatic amines is 1. The molecule has 7 heterocycles. The molecule has 0 fully saturated rings. The Kier molecular flexibility index (Phi) is 26.1. The van der Waals surface area contributed by atoms with E-state index in [4.69, 9.17) is 34.0 Å². The molecule has 3 N–H and O–H groups in total. The Hall–Kier alpha value is -10.0. The maximum absolute atomic E-state index is 13.5. The van der Waals surface area contributed by atoms with Gasteiger partial charge in [0.15, 0.2) is 23.0 Å². The van der Waals surface area contributed by atoms with Crippen LogP contribution in [-0.2, 0) is 15.4 Å². The second-order valence-electron chi connectivity index (χ2n) is 21.0. The number of rotatable bonds is 22. The molecule has 9 rings (SSSR count). The quantitative estimate of drug-likeness (QED) is 0.0186. The van der Waals surface area contributed by atoms with Crippen LogP contribution < -0.4 is 39.1 Å². The fraction of sp³-hybridized carbons (Fsp3) is 0.356. The molecule has 27 nitrogen and oxygen atoms in total. The van der Waals surface area contributed by atoms with Crippen LogP contribution in [0.2, 0.25) is 28.5 Å². The van der Waals surface area contributed by atoms with E-state index in [1.54, 1.807) is 42.5 Å². The zero-order chi connectivity index (χ0) is 68.9. The van der Waals surface area contributed by atoms with Crippen molar-refractivity contribution in [2.45, 2.75) is 94.2 Å². The van der Waals surface area contributed by atoms with Gasteiger partial charge in [-0.1, -0.05) is 19.6 Å². The van der Waals surface area contributed by atoms with Crippen molar-refractivity contribution >= 4 is 51.3 Å². The van der Waals surface area contributed by atoms with E-state index in [0.717, 1.165) is 30.4 Å². The molecule has 0 amide bonds. The van der Waals surface area contributed by atoms with Gasteiger partial charge in [0, 0.05) is 106 Å².